The second kappa shape index (κ2) is 7.17. The van der Waals surface area contributed by atoms with E-state index in [9.17, 15) is 0 Å². The minimum Gasteiger partial charge on any atom is -0.492 e. The highest BCUT2D eigenvalue weighted by Gasteiger charge is 2.16. The molecule has 0 saturated heterocycles. The first-order chi connectivity index (χ1) is 10.7. The topological polar surface area (TPSA) is 32.7 Å². The van der Waals surface area contributed by atoms with Crippen molar-refractivity contribution in [1.29, 1.82) is 0 Å². The Morgan fingerprint density at radius 3 is 3.09 bits per heavy atom. The van der Waals surface area contributed by atoms with Gasteiger partial charge in [-0.05, 0) is 30.3 Å². The van der Waals surface area contributed by atoms with Crippen LogP contribution in [0.15, 0.2) is 30.3 Å². The molecule has 0 spiro atoms. The van der Waals surface area contributed by atoms with Gasteiger partial charge in [0.1, 0.15) is 19.0 Å². The molecule has 5 heteroatoms. The summed E-state index contributed by atoms with van der Waals surface area (Å²) in [6, 6.07) is 9.87. The van der Waals surface area contributed by atoms with Gasteiger partial charge in [-0.2, -0.15) is 0 Å². The highest BCUT2D eigenvalue weighted by Crippen LogP contribution is 2.27. The van der Waals surface area contributed by atoms with Crippen LogP contribution in [-0.4, -0.2) is 29.8 Å². The average Bonchev–Trinajstić information content (AvgIpc) is 2.84. The van der Waals surface area contributed by atoms with Crippen LogP contribution in [0.1, 0.15) is 15.3 Å². The number of fused-ring (bicyclic) bond motifs is 1. The Balaban J connectivity index is 1.71. The molecule has 0 unspecified atom stereocenters. The number of halogens is 1. The molecular formula is C17H16ClNO2S. The van der Waals surface area contributed by atoms with Gasteiger partial charge in [-0.3, -0.25) is 4.90 Å². The van der Waals surface area contributed by atoms with Crippen LogP contribution in [0.4, 0.5) is 0 Å². The molecule has 2 heterocycles. The van der Waals surface area contributed by atoms with Crippen molar-refractivity contribution in [2.75, 3.05) is 19.8 Å². The number of rotatable bonds is 2. The van der Waals surface area contributed by atoms with Gasteiger partial charge in [0.05, 0.1) is 4.88 Å². The zero-order chi connectivity index (χ0) is 15.4. The number of hydrogen-bond acceptors (Lipinski definition) is 4. The van der Waals surface area contributed by atoms with E-state index in [1.807, 2.05) is 24.3 Å². The van der Waals surface area contributed by atoms with Crippen molar-refractivity contribution < 1.29 is 9.84 Å². The summed E-state index contributed by atoms with van der Waals surface area (Å²) in [7, 11) is 0. The smallest absolute Gasteiger partial charge is 0.123 e. The second-order valence-corrected chi connectivity index (χ2v) is 6.64. The van der Waals surface area contributed by atoms with Crippen LogP contribution in [0.5, 0.6) is 5.75 Å². The average molecular weight is 334 g/mol. The molecule has 0 fully saturated rings. The first kappa shape index (κ1) is 15.4. The van der Waals surface area contributed by atoms with E-state index < -0.39 is 0 Å². The van der Waals surface area contributed by atoms with E-state index in [4.69, 9.17) is 21.4 Å². The standard InChI is InChI=1S/C17H16ClNO2S/c18-14-3-6-17-13(10-14)11-19(7-9-21-17)12-16-5-4-15(22-16)2-1-8-20/h3-6,10,20H,7-9,11-12H2. The van der Waals surface area contributed by atoms with E-state index >= 15 is 0 Å². The zero-order valence-corrected chi connectivity index (χ0v) is 13.6. The van der Waals surface area contributed by atoms with Crippen molar-refractivity contribution in [2.45, 2.75) is 13.1 Å². The van der Waals surface area contributed by atoms with Gasteiger partial charge in [-0.15, -0.1) is 11.3 Å². The van der Waals surface area contributed by atoms with Gasteiger partial charge >= 0.3 is 0 Å². The fraction of sp³-hybridized carbons (Fsp3) is 0.294. The van der Waals surface area contributed by atoms with E-state index in [0.717, 1.165) is 40.8 Å². The van der Waals surface area contributed by atoms with Gasteiger partial charge in [-0.25, -0.2) is 0 Å². The van der Waals surface area contributed by atoms with Crippen molar-refractivity contribution in [3.05, 3.63) is 50.7 Å². The molecule has 3 nitrogen and oxygen atoms in total. The molecule has 1 aliphatic rings. The van der Waals surface area contributed by atoms with Gasteiger partial charge in [0.25, 0.3) is 0 Å². The Labute approximate surface area is 139 Å². The molecule has 22 heavy (non-hydrogen) atoms. The van der Waals surface area contributed by atoms with Gasteiger partial charge in [-0.1, -0.05) is 23.4 Å². The molecule has 114 valence electrons. The second-order valence-electron chi connectivity index (χ2n) is 5.04. The normalized spacial score (nSPS) is 14.5. The fourth-order valence-electron chi connectivity index (χ4n) is 2.43. The molecule has 0 radical (unpaired) electrons. The maximum Gasteiger partial charge on any atom is 0.123 e. The third-order valence-corrected chi connectivity index (χ3v) is 4.63. The summed E-state index contributed by atoms with van der Waals surface area (Å²) in [5.41, 5.74) is 1.13. The number of nitrogens with zero attached hydrogens (tertiary/aromatic N) is 1. The number of ether oxygens (including phenoxy) is 1. The van der Waals surface area contributed by atoms with Crippen LogP contribution < -0.4 is 4.74 Å². The summed E-state index contributed by atoms with van der Waals surface area (Å²) in [4.78, 5) is 4.59. The molecule has 0 bridgehead atoms. The Bertz CT molecular complexity index is 717. The lowest BCUT2D eigenvalue weighted by molar-refractivity contribution is 0.221. The van der Waals surface area contributed by atoms with E-state index in [1.54, 1.807) is 11.3 Å². The lowest BCUT2D eigenvalue weighted by Crippen LogP contribution is -2.24. The van der Waals surface area contributed by atoms with Crippen LogP contribution in [0.25, 0.3) is 0 Å². The van der Waals surface area contributed by atoms with Crippen molar-refractivity contribution in [3.8, 4) is 17.6 Å². The monoisotopic (exact) mass is 333 g/mol. The van der Waals surface area contributed by atoms with Crippen molar-refractivity contribution in [1.82, 2.24) is 4.90 Å². The number of thiophene rings is 1. The van der Waals surface area contributed by atoms with E-state index in [2.05, 4.69) is 22.8 Å². The minimum atomic E-state index is -0.103. The minimum absolute atomic E-state index is 0.103. The summed E-state index contributed by atoms with van der Waals surface area (Å²) in [6.07, 6.45) is 0. The highest BCUT2D eigenvalue weighted by atomic mass is 35.5. The molecule has 0 amide bonds. The molecule has 3 rings (SSSR count). The van der Waals surface area contributed by atoms with Gasteiger partial charge < -0.3 is 9.84 Å². The summed E-state index contributed by atoms with van der Waals surface area (Å²) in [5.74, 6) is 6.55. The number of benzene rings is 1. The predicted octanol–water partition coefficient (Wildman–Crippen LogP) is 3.14. The Morgan fingerprint density at radius 2 is 2.23 bits per heavy atom. The van der Waals surface area contributed by atoms with Crippen LogP contribution in [0, 0.1) is 11.8 Å². The zero-order valence-electron chi connectivity index (χ0n) is 12.0. The summed E-state index contributed by atoms with van der Waals surface area (Å²) >= 11 is 7.75. The molecular weight excluding hydrogens is 318 g/mol. The summed E-state index contributed by atoms with van der Waals surface area (Å²) < 4.78 is 5.78. The summed E-state index contributed by atoms with van der Waals surface area (Å²) in [5, 5.41) is 9.48. The maximum atomic E-state index is 8.74. The lowest BCUT2D eigenvalue weighted by Gasteiger charge is -2.18. The van der Waals surface area contributed by atoms with Gasteiger partial charge in [0.15, 0.2) is 0 Å². The number of aliphatic hydroxyl groups excluding tert-OH is 1. The van der Waals surface area contributed by atoms with Crippen LogP contribution >= 0.6 is 22.9 Å². The Hall–Kier alpha value is -1.51. The Kier molecular flexibility index (Phi) is 5.01. The van der Waals surface area contributed by atoms with Gasteiger partial charge in [0.2, 0.25) is 0 Å². The molecule has 0 atom stereocenters. The van der Waals surface area contributed by atoms with Gasteiger partial charge in [0, 0.05) is 35.1 Å². The largest absolute Gasteiger partial charge is 0.492 e. The third kappa shape index (κ3) is 3.82. The summed E-state index contributed by atoms with van der Waals surface area (Å²) in [6.45, 7) is 3.14. The number of hydrogen-bond donors (Lipinski definition) is 1. The fourth-order valence-corrected chi connectivity index (χ4v) is 3.55. The molecule has 1 aromatic heterocycles. The third-order valence-electron chi connectivity index (χ3n) is 3.41. The first-order valence-corrected chi connectivity index (χ1v) is 8.26. The molecule has 1 N–H and O–H groups in total. The lowest BCUT2D eigenvalue weighted by atomic mass is 10.2. The maximum absolute atomic E-state index is 8.74. The molecule has 2 aromatic rings. The predicted molar refractivity (Wildman–Crippen MR) is 89.3 cm³/mol. The quantitative estimate of drug-likeness (QED) is 0.857. The number of aliphatic hydroxyl groups is 1. The van der Waals surface area contributed by atoms with E-state index in [0.29, 0.717) is 6.61 Å². The van der Waals surface area contributed by atoms with Crippen molar-refractivity contribution in [2.24, 2.45) is 0 Å². The van der Waals surface area contributed by atoms with Crippen LogP contribution in [0.2, 0.25) is 5.02 Å². The van der Waals surface area contributed by atoms with Crippen molar-refractivity contribution in [3.63, 3.8) is 0 Å². The van der Waals surface area contributed by atoms with E-state index in [-0.39, 0.29) is 6.61 Å². The molecule has 1 aliphatic heterocycles. The molecule has 0 aliphatic carbocycles. The Morgan fingerprint density at radius 1 is 1.32 bits per heavy atom. The molecule has 1 aromatic carbocycles. The highest BCUT2D eigenvalue weighted by molar-refractivity contribution is 7.12. The van der Waals surface area contributed by atoms with Crippen LogP contribution in [0.3, 0.4) is 0 Å². The molecule has 0 saturated carbocycles. The van der Waals surface area contributed by atoms with E-state index in [1.165, 1.54) is 4.88 Å². The van der Waals surface area contributed by atoms with Crippen LogP contribution in [-0.2, 0) is 13.1 Å². The first-order valence-electron chi connectivity index (χ1n) is 7.06. The van der Waals surface area contributed by atoms with Crippen molar-refractivity contribution >= 4 is 22.9 Å². The SMILES string of the molecule is OCC#Cc1ccc(CN2CCOc3ccc(Cl)cc3C2)s1.